The van der Waals surface area contributed by atoms with Gasteiger partial charge < -0.3 is 19.5 Å². The van der Waals surface area contributed by atoms with Crippen LogP contribution >= 0.6 is 15.9 Å². The van der Waals surface area contributed by atoms with Gasteiger partial charge in [0.2, 0.25) is 0 Å². The molecule has 2 aliphatic rings. The summed E-state index contributed by atoms with van der Waals surface area (Å²) in [6, 6.07) is 1.79. The molecule has 1 saturated heterocycles. The van der Waals surface area contributed by atoms with Gasteiger partial charge in [-0.3, -0.25) is 4.90 Å². The predicted molar refractivity (Wildman–Crippen MR) is 96.6 cm³/mol. The summed E-state index contributed by atoms with van der Waals surface area (Å²) in [5.74, 6) is -2.29. The molecule has 0 atom stereocenters. The number of aromatic nitrogens is 1. The van der Waals surface area contributed by atoms with E-state index in [1.54, 1.807) is 17.2 Å². The minimum absolute atomic E-state index is 0.146. The molecule has 140 valence electrons. The molecule has 0 radical (unpaired) electrons. The number of hydrogen-bond acceptors (Lipinski definition) is 8. The summed E-state index contributed by atoms with van der Waals surface area (Å²) < 4.78 is 17.3. The largest absolute Gasteiger partial charge is 0.491 e. The molecule has 26 heavy (non-hydrogen) atoms. The second-order valence-electron chi connectivity index (χ2n) is 5.90. The quantitative estimate of drug-likeness (QED) is 0.576. The van der Waals surface area contributed by atoms with Crippen molar-refractivity contribution in [1.82, 2.24) is 10.3 Å². The van der Waals surface area contributed by atoms with Crippen molar-refractivity contribution >= 4 is 33.6 Å². The highest BCUT2D eigenvalue weighted by molar-refractivity contribution is 9.10. The van der Waals surface area contributed by atoms with E-state index in [0.717, 1.165) is 25.0 Å². The van der Waals surface area contributed by atoms with Crippen molar-refractivity contribution in [2.75, 3.05) is 31.1 Å². The van der Waals surface area contributed by atoms with Crippen LogP contribution in [0.1, 0.15) is 19.8 Å². The van der Waals surface area contributed by atoms with Crippen LogP contribution in [0.25, 0.3) is 0 Å². The Balaban J connectivity index is 1.99. The molecule has 3 heterocycles. The van der Waals surface area contributed by atoms with Crippen LogP contribution in [-0.2, 0) is 19.1 Å². The minimum Gasteiger partial charge on any atom is -0.491 e. The van der Waals surface area contributed by atoms with Gasteiger partial charge >= 0.3 is 17.8 Å². The van der Waals surface area contributed by atoms with Crippen LogP contribution in [0.2, 0.25) is 0 Å². The summed E-state index contributed by atoms with van der Waals surface area (Å²) in [7, 11) is 0. The van der Waals surface area contributed by atoms with Gasteiger partial charge in [0.1, 0.15) is 4.60 Å². The molecule has 1 aromatic rings. The van der Waals surface area contributed by atoms with Gasteiger partial charge in [-0.2, -0.15) is 0 Å². The smallest absolute Gasteiger partial charge is 0.356 e. The molecule has 9 heteroatoms. The van der Waals surface area contributed by atoms with Crippen LogP contribution in [0.3, 0.4) is 0 Å². The van der Waals surface area contributed by atoms with Gasteiger partial charge in [0.25, 0.3) is 0 Å². The monoisotopic (exact) mass is 425 g/mol. The molecule has 0 saturated carbocycles. The van der Waals surface area contributed by atoms with E-state index in [9.17, 15) is 9.59 Å². The lowest BCUT2D eigenvalue weighted by Crippen LogP contribution is -2.58. The Kier molecular flexibility index (Phi) is 5.77. The average molecular weight is 426 g/mol. The predicted octanol–water partition coefficient (Wildman–Crippen LogP) is 1.74. The van der Waals surface area contributed by atoms with E-state index < -0.39 is 17.8 Å². The Labute approximate surface area is 159 Å². The molecule has 0 aliphatic carbocycles. The first-order chi connectivity index (χ1) is 12.5. The summed E-state index contributed by atoms with van der Waals surface area (Å²) in [4.78, 5) is 30.1. The number of ether oxygens (including phenoxy) is 3. The van der Waals surface area contributed by atoms with E-state index in [2.05, 4.69) is 26.2 Å². The molecule has 1 aromatic heterocycles. The molecule has 1 spiro atoms. The number of carbonyl (C=O) groups excluding carboxylic acids is 2. The van der Waals surface area contributed by atoms with E-state index in [1.807, 2.05) is 6.92 Å². The van der Waals surface area contributed by atoms with Crippen molar-refractivity contribution in [2.24, 2.45) is 0 Å². The lowest BCUT2D eigenvalue weighted by atomic mass is 10.2. The zero-order valence-electron chi connectivity index (χ0n) is 14.4. The highest BCUT2D eigenvalue weighted by atomic mass is 79.9. The number of halogens is 1. The third-order valence-corrected chi connectivity index (χ3v) is 4.53. The van der Waals surface area contributed by atoms with Gasteiger partial charge in [-0.05, 0) is 35.3 Å². The minimum atomic E-state index is -1.58. The number of rotatable bonds is 4. The van der Waals surface area contributed by atoms with Gasteiger partial charge in [0.15, 0.2) is 5.75 Å². The van der Waals surface area contributed by atoms with Crippen molar-refractivity contribution in [1.29, 1.82) is 0 Å². The normalized spacial score (nSPS) is 19.5. The molecule has 0 aromatic carbocycles. The average Bonchev–Trinajstić information content (AvgIpc) is 2.90. The number of hydrogen-bond donors (Lipinski definition) is 1. The fraction of sp³-hybridized carbons (Fsp3) is 0.471. The van der Waals surface area contributed by atoms with Crippen molar-refractivity contribution in [3.05, 3.63) is 29.0 Å². The van der Waals surface area contributed by atoms with Crippen molar-refractivity contribution in [3.8, 4) is 5.75 Å². The summed E-state index contributed by atoms with van der Waals surface area (Å²) in [5, 5.41) is 3.15. The van der Waals surface area contributed by atoms with Gasteiger partial charge in [0, 0.05) is 24.8 Å². The van der Waals surface area contributed by atoms with E-state index >= 15 is 0 Å². The third kappa shape index (κ3) is 3.99. The molecule has 1 fully saturated rings. The highest BCUT2D eigenvalue weighted by Crippen LogP contribution is 2.34. The maximum Gasteiger partial charge on any atom is 0.356 e. The Morgan fingerprint density at radius 2 is 2.08 bits per heavy atom. The maximum atomic E-state index is 12.0. The summed E-state index contributed by atoms with van der Waals surface area (Å²) in [6.45, 7) is 3.91. The molecular formula is C17H20BrN3O5. The Morgan fingerprint density at radius 3 is 2.77 bits per heavy atom. The number of pyridine rings is 1. The molecule has 0 amide bonds. The number of anilines is 1. The van der Waals surface area contributed by atoms with Crippen molar-refractivity contribution in [3.63, 3.8) is 0 Å². The fourth-order valence-electron chi connectivity index (χ4n) is 2.80. The van der Waals surface area contributed by atoms with Gasteiger partial charge in [-0.1, -0.05) is 6.92 Å². The third-order valence-electron chi connectivity index (χ3n) is 3.94. The van der Waals surface area contributed by atoms with Crippen LogP contribution in [0.4, 0.5) is 5.69 Å². The lowest BCUT2D eigenvalue weighted by molar-refractivity contribution is -0.217. The zero-order valence-corrected chi connectivity index (χ0v) is 16.0. The number of carbonyl (C=O) groups is 2. The molecule has 3 rings (SSSR count). The first-order valence-corrected chi connectivity index (χ1v) is 9.24. The first-order valence-electron chi connectivity index (χ1n) is 8.45. The molecule has 2 aliphatic heterocycles. The van der Waals surface area contributed by atoms with E-state index in [4.69, 9.17) is 14.2 Å². The maximum absolute atomic E-state index is 12.0. The van der Waals surface area contributed by atoms with Crippen LogP contribution in [-0.4, -0.2) is 49.1 Å². The molecule has 1 N–H and O–H groups in total. The number of nitrogens with zero attached hydrogens (tertiary/aromatic N) is 2. The molecule has 8 nitrogen and oxygen atoms in total. The zero-order chi connectivity index (χ0) is 18.6. The van der Waals surface area contributed by atoms with Crippen LogP contribution in [0.15, 0.2) is 29.0 Å². The first kappa shape index (κ1) is 18.7. The highest BCUT2D eigenvalue weighted by Gasteiger charge is 2.47. The molecule has 0 unspecified atom stereocenters. The molecular weight excluding hydrogens is 406 g/mol. The molecule has 0 bridgehead atoms. The summed E-state index contributed by atoms with van der Waals surface area (Å²) in [6.07, 6.45) is 5.38. The summed E-state index contributed by atoms with van der Waals surface area (Å²) in [5.41, 5.74) is 0.630. The second-order valence-corrected chi connectivity index (χ2v) is 6.65. The Bertz CT molecular complexity index is 704. The fourth-order valence-corrected chi connectivity index (χ4v) is 3.13. The van der Waals surface area contributed by atoms with Crippen molar-refractivity contribution < 1.29 is 23.8 Å². The van der Waals surface area contributed by atoms with E-state index in [-0.39, 0.29) is 6.54 Å². The van der Waals surface area contributed by atoms with E-state index in [1.165, 1.54) is 0 Å². The SMILES string of the molecule is CCCOc1cc(N2CCCNCC23OC(=O)C=CC(=O)O3)cnc1Br. The number of esters is 2. The van der Waals surface area contributed by atoms with Gasteiger partial charge in [-0.25, -0.2) is 14.6 Å². The summed E-state index contributed by atoms with van der Waals surface area (Å²) >= 11 is 3.37. The van der Waals surface area contributed by atoms with Crippen LogP contribution in [0, 0.1) is 0 Å². The van der Waals surface area contributed by atoms with Gasteiger partial charge in [0.05, 0.1) is 25.0 Å². The second kappa shape index (κ2) is 8.05. The number of nitrogens with one attached hydrogen (secondary N) is 1. The van der Waals surface area contributed by atoms with Gasteiger partial charge in [-0.15, -0.1) is 0 Å². The van der Waals surface area contributed by atoms with Crippen LogP contribution in [0.5, 0.6) is 5.75 Å². The standard InChI is InChI=1S/C17H20BrN3O5/c1-2-8-24-13-9-12(10-20-16(13)18)21-7-3-6-19-11-17(21)25-14(22)4-5-15(23)26-17/h4-5,9-10,19H,2-3,6-8,11H2,1H3. The van der Waals surface area contributed by atoms with Crippen LogP contribution < -0.4 is 15.0 Å². The van der Waals surface area contributed by atoms with E-state index in [0.29, 0.717) is 35.7 Å². The Hall–Kier alpha value is -2.13. The topological polar surface area (TPSA) is 90.0 Å². The Morgan fingerprint density at radius 1 is 1.35 bits per heavy atom. The van der Waals surface area contributed by atoms with Crippen molar-refractivity contribution in [2.45, 2.75) is 25.7 Å². The lowest BCUT2D eigenvalue weighted by Gasteiger charge is -2.40.